The third kappa shape index (κ3) is 1.22. The highest BCUT2D eigenvalue weighted by Gasteiger charge is 2.45. The predicted octanol–water partition coefficient (Wildman–Crippen LogP) is 0.690. The van der Waals surface area contributed by atoms with Crippen LogP contribution in [0.2, 0.25) is 0 Å². The van der Waals surface area contributed by atoms with E-state index in [1.54, 1.807) is 0 Å². The highest BCUT2D eigenvalue weighted by atomic mass is 16.5. The number of rotatable bonds is 3. The standard InChI is InChI=1S/C9H15NO2/c1-2-3-12-8-5-6-4-7(8)9(11)10-6/h6-8H,2-5H2,1H3,(H,10,11)/t6-,7+,8+/m0/s1. The van der Waals surface area contributed by atoms with Crippen LogP contribution in [-0.2, 0) is 9.53 Å². The lowest BCUT2D eigenvalue weighted by atomic mass is 10.1. The molecule has 1 saturated heterocycles. The average molecular weight is 169 g/mol. The topological polar surface area (TPSA) is 38.3 Å². The minimum Gasteiger partial charge on any atom is -0.377 e. The normalized spacial score (nSPS) is 38.8. The number of hydrogen-bond donors (Lipinski definition) is 1. The predicted molar refractivity (Wildman–Crippen MR) is 44.7 cm³/mol. The van der Waals surface area contributed by atoms with Crippen LogP contribution < -0.4 is 5.32 Å². The molecule has 1 amide bonds. The van der Waals surface area contributed by atoms with Gasteiger partial charge in [-0.15, -0.1) is 0 Å². The smallest absolute Gasteiger partial charge is 0.226 e. The molecule has 1 heterocycles. The van der Waals surface area contributed by atoms with Gasteiger partial charge in [-0.05, 0) is 19.3 Å². The molecule has 1 aliphatic carbocycles. The lowest BCUT2D eigenvalue weighted by molar-refractivity contribution is -0.128. The highest BCUT2D eigenvalue weighted by molar-refractivity contribution is 5.83. The van der Waals surface area contributed by atoms with E-state index in [0.717, 1.165) is 25.9 Å². The van der Waals surface area contributed by atoms with Crippen LogP contribution in [0.25, 0.3) is 0 Å². The molecule has 1 aliphatic heterocycles. The van der Waals surface area contributed by atoms with Crippen molar-refractivity contribution in [2.75, 3.05) is 6.61 Å². The zero-order chi connectivity index (χ0) is 8.55. The Kier molecular flexibility index (Phi) is 2.05. The maximum absolute atomic E-state index is 11.2. The number of fused-ring (bicyclic) bond motifs is 2. The summed E-state index contributed by atoms with van der Waals surface area (Å²) in [7, 11) is 0. The van der Waals surface area contributed by atoms with Crippen molar-refractivity contribution in [3.05, 3.63) is 0 Å². The van der Waals surface area contributed by atoms with Crippen LogP contribution in [0.3, 0.4) is 0 Å². The molecule has 0 radical (unpaired) electrons. The lowest BCUT2D eigenvalue weighted by Gasteiger charge is -2.21. The van der Waals surface area contributed by atoms with Gasteiger partial charge in [0.1, 0.15) is 0 Å². The maximum atomic E-state index is 11.2. The SMILES string of the molecule is CCCO[C@@H]1C[C@@H]2C[C@H]1C(=O)N2. The van der Waals surface area contributed by atoms with Gasteiger partial charge < -0.3 is 10.1 Å². The molecule has 0 aromatic heterocycles. The fourth-order valence-electron chi connectivity index (χ4n) is 2.15. The number of hydrogen-bond acceptors (Lipinski definition) is 2. The molecule has 3 atom stereocenters. The van der Waals surface area contributed by atoms with Crippen LogP contribution in [-0.4, -0.2) is 24.7 Å². The first-order valence-corrected chi connectivity index (χ1v) is 4.73. The second-order valence-electron chi connectivity index (χ2n) is 3.69. The van der Waals surface area contributed by atoms with Gasteiger partial charge in [0.15, 0.2) is 0 Å². The Morgan fingerprint density at radius 2 is 2.42 bits per heavy atom. The third-order valence-corrected chi connectivity index (χ3v) is 2.72. The second kappa shape index (κ2) is 3.05. The monoisotopic (exact) mass is 169 g/mol. The van der Waals surface area contributed by atoms with E-state index in [4.69, 9.17) is 4.74 Å². The van der Waals surface area contributed by atoms with Gasteiger partial charge in [0, 0.05) is 12.6 Å². The summed E-state index contributed by atoms with van der Waals surface area (Å²) in [5, 5.41) is 2.94. The molecule has 68 valence electrons. The summed E-state index contributed by atoms with van der Waals surface area (Å²) < 4.78 is 5.60. The van der Waals surface area contributed by atoms with E-state index in [0.29, 0.717) is 6.04 Å². The van der Waals surface area contributed by atoms with E-state index in [-0.39, 0.29) is 17.9 Å². The summed E-state index contributed by atoms with van der Waals surface area (Å²) >= 11 is 0. The first-order chi connectivity index (χ1) is 5.81. The van der Waals surface area contributed by atoms with Crippen molar-refractivity contribution < 1.29 is 9.53 Å². The van der Waals surface area contributed by atoms with E-state index in [9.17, 15) is 4.79 Å². The van der Waals surface area contributed by atoms with E-state index < -0.39 is 0 Å². The fraction of sp³-hybridized carbons (Fsp3) is 0.889. The van der Waals surface area contributed by atoms with E-state index in [1.807, 2.05) is 0 Å². The van der Waals surface area contributed by atoms with Crippen molar-refractivity contribution in [2.45, 2.75) is 38.3 Å². The summed E-state index contributed by atoms with van der Waals surface area (Å²) in [6.45, 7) is 2.88. The van der Waals surface area contributed by atoms with Crippen molar-refractivity contribution in [3.8, 4) is 0 Å². The minimum absolute atomic E-state index is 0.154. The zero-order valence-electron chi connectivity index (χ0n) is 7.38. The van der Waals surface area contributed by atoms with Crippen molar-refractivity contribution in [1.29, 1.82) is 0 Å². The average Bonchev–Trinajstić information content (AvgIpc) is 2.58. The Balaban J connectivity index is 1.89. The molecular weight excluding hydrogens is 154 g/mol. The number of amides is 1. The molecule has 0 aromatic carbocycles. The van der Waals surface area contributed by atoms with Gasteiger partial charge in [0.05, 0.1) is 12.0 Å². The van der Waals surface area contributed by atoms with Gasteiger partial charge in [0.25, 0.3) is 0 Å². The van der Waals surface area contributed by atoms with Gasteiger partial charge in [-0.3, -0.25) is 4.79 Å². The van der Waals surface area contributed by atoms with Crippen molar-refractivity contribution in [1.82, 2.24) is 5.32 Å². The molecule has 0 unspecified atom stereocenters. The Morgan fingerprint density at radius 1 is 1.58 bits per heavy atom. The Hall–Kier alpha value is -0.570. The summed E-state index contributed by atoms with van der Waals surface area (Å²) in [4.78, 5) is 11.2. The maximum Gasteiger partial charge on any atom is 0.226 e. The first-order valence-electron chi connectivity index (χ1n) is 4.73. The van der Waals surface area contributed by atoms with Crippen molar-refractivity contribution >= 4 is 5.91 Å². The van der Waals surface area contributed by atoms with Crippen molar-refractivity contribution in [2.24, 2.45) is 5.92 Å². The quantitative estimate of drug-likeness (QED) is 0.675. The van der Waals surface area contributed by atoms with Crippen LogP contribution in [0, 0.1) is 5.92 Å². The minimum atomic E-state index is 0.154. The van der Waals surface area contributed by atoms with Gasteiger partial charge in [0.2, 0.25) is 5.91 Å². The lowest BCUT2D eigenvalue weighted by Crippen LogP contribution is -2.39. The molecule has 3 nitrogen and oxygen atoms in total. The molecule has 0 aromatic rings. The van der Waals surface area contributed by atoms with Crippen LogP contribution in [0.15, 0.2) is 0 Å². The fourth-order valence-corrected chi connectivity index (χ4v) is 2.15. The zero-order valence-corrected chi connectivity index (χ0v) is 7.38. The molecule has 12 heavy (non-hydrogen) atoms. The molecule has 2 bridgehead atoms. The third-order valence-electron chi connectivity index (χ3n) is 2.72. The van der Waals surface area contributed by atoms with E-state index >= 15 is 0 Å². The highest BCUT2D eigenvalue weighted by Crippen LogP contribution is 2.34. The molecule has 1 saturated carbocycles. The summed E-state index contributed by atoms with van der Waals surface area (Å²) in [6.07, 6.45) is 3.27. The number of piperidine rings is 1. The Bertz CT molecular complexity index is 193. The molecule has 2 aliphatic rings. The first kappa shape index (κ1) is 8.05. The van der Waals surface area contributed by atoms with Gasteiger partial charge in [-0.1, -0.05) is 6.92 Å². The van der Waals surface area contributed by atoms with Crippen LogP contribution in [0.1, 0.15) is 26.2 Å². The second-order valence-corrected chi connectivity index (χ2v) is 3.69. The molecule has 3 heteroatoms. The van der Waals surface area contributed by atoms with Crippen LogP contribution >= 0.6 is 0 Å². The summed E-state index contributed by atoms with van der Waals surface area (Å²) in [5.74, 6) is 0.355. The van der Waals surface area contributed by atoms with Crippen LogP contribution in [0.4, 0.5) is 0 Å². The summed E-state index contributed by atoms with van der Waals surface area (Å²) in [6, 6.07) is 0.407. The molecule has 0 spiro atoms. The largest absolute Gasteiger partial charge is 0.377 e. The number of ether oxygens (including phenoxy) is 1. The van der Waals surface area contributed by atoms with Crippen LogP contribution in [0.5, 0.6) is 0 Å². The number of carbonyl (C=O) groups is 1. The van der Waals surface area contributed by atoms with Crippen molar-refractivity contribution in [3.63, 3.8) is 0 Å². The molecule has 2 fully saturated rings. The molecular formula is C9H15NO2. The number of carbonyl (C=O) groups excluding carboxylic acids is 1. The number of nitrogens with one attached hydrogen (secondary N) is 1. The Labute approximate surface area is 72.5 Å². The van der Waals surface area contributed by atoms with Gasteiger partial charge in [-0.25, -0.2) is 0 Å². The van der Waals surface area contributed by atoms with E-state index in [2.05, 4.69) is 12.2 Å². The Morgan fingerprint density at radius 3 is 3.00 bits per heavy atom. The molecule has 2 rings (SSSR count). The molecule has 1 N–H and O–H groups in total. The summed E-state index contributed by atoms with van der Waals surface area (Å²) in [5.41, 5.74) is 0. The van der Waals surface area contributed by atoms with Gasteiger partial charge in [-0.2, -0.15) is 0 Å². The van der Waals surface area contributed by atoms with Gasteiger partial charge >= 0.3 is 0 Å². The van der Waals surface area contributed by atoms with E-state index in [1.165, 1.54) is 0 Å².